The van der Waals surface area contributed by atoms with Gasteiger partial charge in [-0.05, 0) is 61.9 Å². The van der Waals surface area contributed by atoms with Gasteiger partial charge in [-0.1, -0.05) is 19.1 Å². The number of nitrogens with zero attached hydrogens (tertiary/aromatic N) is 2. The van der Waals surface area contributed by atoms with Gasteiger partial charge in [0.15, 0.2) is 0 Å². The van der Waals surface area contributed by atoms with E-state index in [-0.39, 0.29) is 48.9 Å². The van der Waals surface area contributed by atoms with Gasteiger partial charge >= 0.3 is 12.3 Å². The minimum atomic E-state index is -4.65. The molecular weight excluding hydrogens is 505 g/mol. The monoisotopic (exact) mass is 536 g/mol. The molecule has 1 aromatic heterocycles. The second-order valence-corrected chi connectivity index (χ2v) is 10.6. The Balaban J connectivity index is 1.84. The summed E-state index contributed by atoms with van der Waals surface area (Å²) in [5.74, 6) is -0.115. The number of carbonyl (C=O) groups is 2. The molecule has 0 unspecified atom stereocenters. The normalized spacial score (nSPS) is 13.7. The van der Waals surface area contributed by atoms with E-state index < -0.39 is 23.4 Å². The molecule has 0 saturated heterocycles. The van der Waals surface area contributed by atoms with Crippen LogP contribution in [0.2, 0.25) is 0 Å². The number of amides is 2. The van der Waals surface area contributed by atoms with Crippen molar-refractivity contribution in [3.8, 4) is 0 Å². The van der Waals surface area contributed by atoms with Crippen LogP contribution >= 0.6 is 11.3 Å². The standard InChI is InChI=1S/C26H31F3N4O3S/c1-5-9-33(23(34)18-12-21-20(8-10-37-21)32-22(30)13-18)15-17-7-6-16(11-19(17)26(27,28)29)14-31-24(35)36-25(2,3)4/h6-8,10-12H,5,9,13-15H2,1-4H3,(H2,30,32)(H,31,35). The lowest BCUT2D eigenvalue weighted by Crippen LogP contribution is -2.34. The lowest BCUT2D eigenvalue weighted by molar-refractivity contribution is -0.139. The smallest absolute Gasteiger partial charge is 0.416 e. The van der Waals surface area contributed by atoms with Gasteiger partial charge in [-0.15, -0.1) is 11.3 Å². The van der Waals surface area contributed by atoms with Crippen molar-refractivity contribution < 1.29 is 27.5 Å². The van der Waals surface area contributed by atoms with Gasteiger partial charge in [0.2, 0.25) is 0 Å². The molecule has 0 fully saturated rings. The summed E-state index contributed by atoms with van der Waals surface area (Å²) in [6.45, 7) is 6.83. The van der Waals surface area contributed by atoms with Crippen LogP contribution in [0.1, 0.15) is 62.1 Å². The minimum Gasteiger partial charge on any atom is -0.444 e. The Morgan fingerprint density at radius 3 is 2.59 bits per heavy atom. The first kappa shape index (κ1) is 28.2. The number of hydrogen-bond acceptors (Lipinski definition) is 6. The molecule has 200 valence electrons. The molecular formula is C26H31F3N4O3S. The van der Waals surface area contributed by atoms with E-state index in [0.717, 1.165) is 10.9 Å². The van der Waals surface area contributed by atoms with Crippen LogP contribution in [0.15, 0.2) is 40.2 Å². The maximum atomic E-state index is 14.0. The van der Waals surface area contributed by atoms with Crippen molar-refractivity contribution in [2.75, 3.05) is 6.54 Å². The molecule has 7 nitrogen and oxygen atoms in total. The highest BCUT2D eigenvalue weighted by Crippen LogP contribution is 2.35. The molecule has 1 aliphatic rings. The highest BCUT2D eigenvalue weighted by atomic mass is 32.1. The Morgan fingerprint density at radius 1 is 1.22 bits per heavy atom. The highest BCUT2D eigenvalue weighted by molar-refractivity contribution is 7.11. The summed E-state index contributed by atoms with van der Waals surface area (Å²) >= 11 is 1.41. The number of ether oxygens (including phenoxy) is 1. The van der Waals surface area contributed by atoms with Crippen molar-refractivity contribution in [1.82, 2.24) is 10.2 Å². The number of benzene rings is 1. The first-order valence-corrected chi connectivity index (χ1v) is 12.7. The maximum Gasteiger partial charge on any atom is 0.416 e. The number of alkyl halides is 3. The van der Waals surface area contributed by atoms with Crippen LogP contribution in [0.25, 0.3) is 6.08 Å². The van der Waals surface area contributed by atoms with E-state index in [9.17, 15) is 22.8 Å². The second kappa shape index (κ2) is 11.4. The molecule has 0 aliphatic carbocycles. The molecule has 3 rings (SSSR count). The van der Waals surface area contributed by atoms with Crippen LogP contribution in [0.3, 0.4) is 0 Å². The zero-order valence-corrected chi connectivity index (χ0v) is 22.1. The van der Waals surface area contributed by atoms with Crippen LogP contribution in [-0.4, -0.2) is 34.9 Å². The van der Waals surface area contributed by atoms with E-state index in [1.54, 1.807) is 32.9 Å². The van der Waals surface area contributed by atoms with Gasteiger partial charge in [0.25, 0.3) is 5.91 Å². The van der Waals surface area contributed by atoms with Gasteiger partial charge < -0.3 is 20.7 Å². The summed E-state index contributed by atoms with van der Waals surface area (Å²) < 4.78 is 47.2. The van der Waals surface area contributed by atoms with Crippen molar-refractivity contribution in [1.29, 1.82) is 0 Å². The SMILES string of the molecule is CCCN(Cc1ccc(CNC(=O)OC(C)(C)C)cc1C(F)(F)F)C(=O)C1=Cc2sccc2N=C(N)C1. The molecule has 37 heavy (non-hydrogen) atoms. The molecule has 0 atom stereocenters. The summed E-state index contributed by atoms with van der Waals surface area (Å²) in [5, 5.41) is 4.31. The van der Waals surface area contributed by atoms with Crippen molar-refractivity contribution >= 4 is 40.9 Å². The molecule has 2 aromatic rings. The second-order valence-electron chi connectivity index (χ2n) is 9.69. The lowest BCUT2D eigenvalue weighted by atomic mass is 10.0. The highest BCUT2D eigenvalue weighted by Gasteiger charge is 2.34. The summed E-state index contributed by atoms with van der Waals surface area (Å²) in [5.41, 5.74) is 5.68. The number of alkyl carbamates (subject to hydrolysis) is 1. The zero-order valence-electron chi connectivity index (χ0n) is 21.2. The van der Waals surface area contributed by atoms with E-state index in [1.807, 2.05) is 12.3 Å². The number of aliphatic imine (C=N–C) groups is 1. The molecule has 11 heteroatoms. The number of fused-ring (bicyclic) bond motifs is 1. The number of thiophene rings is 1. The van der Waals surface area contributed by atoms with E-state index in [2.05, 4.69) is 10.3 Å². The van der Waals surface area contributed by atoms with Gasteiger partial charge in [-0.3, -0.25) is 4.79 Å². The fourth-order valence-corrected chi connectivity index (χ4v) is 4.59. The number of nitrogens with one attached hydrogen (secondary N) is 1. The molecule has 1 aromatic carbocycles. The van der Waals surface area contributed by atoms with E-state index in [1.165, 1.54) is 28.4 Å². The van der Waals surface area contributed by atoms with Crippen LogP contribution in [-0.2, 0) is 28.8 Å². The summed E-state index contributed by atoms with van der Waals surface area (Å²) in [4.78, 5) is 31.9. The van der Waals surface area contributed by atoms with Crippen molar-refractivity contribution in [3.63, 3.8) is 0 Å². The molecule has 2 amide bonds. The number of hydrogen-bond donors (Lipinski definition) is 2. The number of nitrogens with two attached hydrogens (primary N) is 1. The number of halogens is 3. The number of rotatable bonds is 7. The maximum absolute atomic E-state index is 14.0. The Kier molecular flexibility index (Phi) is 8.68. The molecule has 0 saturated carbocycles. The first-order chi connectivity index (χ1) is 17.3. The third kappa shape index (κ3) is 7.82. The zero-order chi connectivity index (χ0) is 27.4. The van der Waals surface area contributed by atoms with Crippen LogP contribution in [0, 0.1) is 0 Å². The Bertz CT molecular complexity index is 1210. The largest absolute Gasteiger partial charge is 0.444 e. The predicted octanol–water partition coefficient (Wildman–Crippen LogP) is 6.01. The Labute approximate surface area is 218 Å². The summed E-state index contributed by atoms with van der Waals surface area (Å²) in [6, 6.07) is 5.65. The minimum absolute atomic E-state index is 0.0389. The van der Waals surface area contributed by atoms with Crippen molar-refractivity contribution in [2.24, 2.45) is 10.7 Å². The molecule has 0 radical (unpaired) electrons. The van der Waals surface area contributed by atoms with Crippen LogP contribution < -0.4 is 11.1 Å². The Morgan fingerprint density at radius 2 is 1.95 bits per heavy atom. The Hall–Kier alpha value is -3.34. The topological polar surface area (TPSA) is 97.0 Å². The summed E-state index contributed by atoms with van der Waals surface area (Å²) in [7, 11) is 0. The molecule has 1 aliphatic heterocycles. The average Bonchev–Trinajstić information content (AvgIpc) is 3.14. The van der Waals surface area contributed by atoms with Crippen LogP contribution in [0.4, 0.5) is 23.7 Å². The quantitative estimate of drug-likeness (QED) is 0.453. The van der Waals surface area contributed by atoms with E-state index >= 15 is 0 Å². The molecule has 3 N–H and O–H groups in total. The van der Waals surface area contributed by atoms with Crippen molar-refractivity contribution in [2.45, 2.75) is 65.4 Å². The summed E-state index contributed by atoms with van der Waals surface area (Å²) in [6.07, 6.45) is -2.99. The van der Waals surface area contributed by atoms with Gasteiger partial charge in [0.05, 0.1) is 16.1 Å². The fourth-order valence-electron chi connectivity index (χ4n) is 3.81. The average molecular weight is 537 g/mol. The molecule has 2 heterocycles. The van der Waals surface area contributed by atoms with Gasteiger partial charge in [0, 0.05) is 31.6 Å². The first-order valence-electron chi connectivity index (χ1n) is 11.8. The predicted molar refractivity (Wildman–Crippen MR) is 138 cm³/mol. The fraction of sp³-hybridized carbons (Fsp3) is 0.423. The number of amidine groups is 1. The van der Waals surface area contributed by atoms with Gasteiger partial charge in [-0.2, -0.15) is 13.2 Å². The van der Waals surface area contributed by atoms with Gasteiger partial charge in [-0.25, -0.2) is 9.79 Å². The number of carbonyl (C=O) groups excluding carboxylic acids is 2. The third-order valence-corrected chi connectivity index (χ3v) is 6.20. The van der Waals surface area contributed by atoms with Crippen LogP contribution in [0.5, 0.6) is 0 Å². The van der Waals surface area contributed by atoms with E-state index in [4.69, 9.17) is 10.5 Å². The van der Waals surface area contributed by atoms with E-state index in [0.29, 0.717) is 17.7 Å². The van der Waals surface area contributed by atoms with Crippen molar-refractivity contribution in [3.05, 3.63) is 56.8 Å². The molecule has 0 spiro atoms. The molecule has 0 bridgehead atoms. The van der Waals surface area contributed by atoms with Gasteiger partial charge in [0.1, 0.15) is 11.4 Å². The third-order valence-electron chi connectivity index (χ3n) is 5.35. The lowest BCUT2D eigenvalue weighted by Gasteiger charge is -2.25.